The summed E-state index contributed by atoms with van der Waals surface area (Å²) >= 11 is 0. The summed E-state index contributed by atoms with van der Waals surface area (Å²) in [6.45, 7) is 2.62. The van der Waals surface area contributed by atoms with Crippen LogP contribution in [-0.4, -0.2) is 23.5 Å². The van der Waals surface area contributed by atoms with E-state index in [0.29, 0.717) is 18.9 Å². The van der Waals surface area contributed by atoms with Crippen molar-refractivity contribution in [3.05, 3.63) is 41.8 Å². The molecule has 1 saturated carbocycles. The van der Waals surface area contributed by atoms with Gasteiger partial charge in [-0.3, -0.25) is 4.79 Å². The second kappa shape index (κ2) is 9.02. The number of carbonyl (C=O) groups is 1. The van der Waals surface area contributed by atoms with Gasteiger partial charge in [-0.2, -0.15) is 0 Å². The molecular formula is C19H26ClN3O2. The molecule has 1 aliphatic carbocycles. The monoisotopic (exact) mass is 363 g/mol. The van der Waals surface area contributed by atoms with Gasteiger partial charge in [0.1, 0.15) is 6.26 Å². The average molecular weight is 364 g/mol. The molecular weight excluding hydrogens is 338 g/mol. The zero-order chi connectivity index (χ0) is 16.9. The molecule has 0 saturated heterocycles. The lowest BCUT2D eigenvalue weighted by molar-refractivity contribution is -0.126. The van der Waals surface area contributed by atoms with Crippen LogP contribution in [0.2, 0.25) is 0 Å². The number of nitrogens with zero attached hydrogens (tertiary/aromatic N) is 1. The van der Waals surface area contributed by atoms with Crippen molar-refractivity contribution in [3.8, 4) is 11.5 Å². The van der Waals surface area contributed by atoms with Crippen LogP contribution in [0.1, 0.15) is 36.9 Å². The minimum atomic E-state index is 0. The van der Waals surface area contributed by atoms with Crippen molar-refractivity contribution in [1.29, 1.82) is 0 Å². The topological polar surface area (TPSA) is 81.2 Å². The van der Waals surface area contributed by atoms with Gasteiger partial charge in [0, 0.05) is 30.5 Å². The molecule has 6 heteroatoms. The van der Waals surface area contributed by atoms with Crippen LogP contribution >= 0.6 is 12.4 Å². The van der Waals surface area contributed by atoms with Gasteiger partial charge in [-0.1, -0.05) is 24.1 Å². The van der Waals surface area contributed by atoms with Gasteiger partial charge in [0.05, 0.1) is 5.69 Å². The fourth-order valence-corrected chi connectivity index (χ4v) is 3.17. The van der Waals surface area contributed by atoms with Crippen LogP contribution in [0, 0.1) is 12.8 Å². The molecule has 2 atom stereocenters. The number of nitrogens with two attached hydrogens (primary N) is 1. The third kappa shape index (κ3) is 5.31. The first-order chi connectivity index (χ1) is 11.6. The molecule has 0 spiro atoms. The molecule has 1 amide bonds. The zero-order valence-electron chi connectivity index (χ0n) is 14.5. The molecule has 2 unspecified atom stereocenters. The van der Waals surface area contributed by atoms with Gasteiger partial charge in [-0.05, 0) is 38.3 Å². The Morgan fingerprint density at radius 3 is 2.80 bits per heavy atom. The van der Waals surface area contributed by atoms with Crippen LogP contribution in [-0.2, 0) is 11.2 Å². The maximum absolute atomic E-state index is 12.2. The van der Waals surface area contributed by atoms with E-state index in [1.165, 1.54) is 5.56 Å². The second-order valence-electron chi connectivity index (χ2n) is 6.67. The summed E-state index contributed by atoms with van der Waals surface area (Å²) in [5.41, 5.74) is 8.97. The molecule has 3 rings (SSSR count). The summed E-state index contributed by atoms with van der Waals surface area (Å²) in [4.78, 5) is 16.7. The van der Waals surface area contributed by atoms with E-state index in [1.807, 2.05) is 31.2 Å². The molecule has 1 fully saturated rings. The second-order valence-corrected chi connectivity index (χ2v) is 6.67. The van der Waals surface area contributed by atoms with Crippen molar-refractivity contribution in [2.24, 2.45) is 11.7 Å². The number of benzene rings is 1. The van der Waals surface area contributed by atoms with Crippen molar-refractivity contribution in [1.82, 2.24) is 10.3 Å². The highest BCUT2D eigenvalue weighted by Crippen LogP contribution is 2.23. The molecule has 0 aliphatic heterocycles. The van der Waals surface area contributed by atoms with Crippen LogP contribution in [0.4, 0.5) is 0 Å². The average Bonchev–Trinajstić information content (AvgIpc) is 3.04. The van der Waals surface area contributed by atoms with Crippen molar-refractivity contribution >= 4 is 18.3 Å². The van der Waals surface area contributed by atoms with E-state index < -0.39 is 0 Å². The van der Waals surface area contributed by atoms with E-state index >= 15 is 0 Å². The molecule has 1 aliphatic rings. The Morgan fingerprint density at radius 2 is 2.08 bits per heavy atom. The fraction of sp³-hybridized carbons (Fsp3) is 0.474. The summed E-state index contributed by atoms with van der Waals surface area (Å²) in [5.74, 6) is 0.802. The van der Waals surface area contributed by atoms with Gasteiger partial charge in [0.15, 0.2) is 0 Å². The maximum Gasteiger partial charge on any atom is 0.226 e. The Morgan fingerprint density at radius 1 is 1.32 bits per heavy atom. The smallest absolute Gasteiger partial charge is 0.226 e. The number of hydrogen-bond donors (Lipinski definition) is 2. The van der Waals surface area contributed by atoms with Crippen molar-refractivity contribution in [3.63, 3.8) is 0 Å². The fourth-order valence-electron chi connectivity index (χ4n) is 3.17. The van der Waals surface area contributed by atoms with E-state index in [2.05, 4.69) is 10.3 Å². The molecule has 1 aromatic heterocycles. The van der Waals surface area contributed by atoms with Crippen LogP contribution in [0.25, 0.3) is 11.5 Å². The first-order valence-corrected chi connectivity index (χ1v) is 8.66. The number of oxazole rings is 1. The first kappa shape index (κ1) is 19.5. The summed E-state index contributed by atoms with van der Waals surface area (Å²) < 4.78 is 5.54. The highest BCUT2D eigenvalue weighted by Gasteiger charge is 2.24. The third-order valence-corrected chi connectivity index (χ3v) is 4.62. The van der Waals surface area contributed by atoms with Gasteiger partial charge in [-0.15, -0.1) is 12.4 Å². The molecule has 0 bridgehead atoms. The van der Waals surface area contributed by atoms with Gasteiger partial charge in [0.25, 0.3) is 0 Å². The highest BCUT2D eigenvalue weighted by molar-refractivity contribution is 5.85. The Hall–Kier alpha value is -1.85. The van der Waals surface area contributed by atoms with Gasteiger partial charge < -0.3 is 15.5 Å². The number of carbonyl (C=O) groups excluding carboxylic acids is 1. The number of amides is 1. The minimum Gasteiger partial charge on any atom is -0.444 e. The summed E-state index contributed by atoms with van der Waals surface area (Å²) in [7, 11) is 0. The predicted molar refractivity (Wildman–Crippen MR) is 101 cm³/mol. The number of hydrogen-bond acceptors (Lipinski definition) is 4. The van der Waals surface area contributed by atoms with E-state index in [0.717, 1.165) is 36.9 Å². The largest absolute Gasteiger partial charge is 0.444 e. The molecule has 2 aromatic rings. The first-order valence-electron chi connectivity index (χ1n) is 8.66. The highest BCUT2D eigenvalue weighted by atomic mass is 35.5. The Labute approximate surface area is 154 Å². The molecule has 1 heterocycles. The Bertz CT molecular complexity index is 684. The van der Waals surface area contributed by atoms with Crippen molar-refractivity contribution in [2.45, 2.75) is 45.1 Å². The predicted octanol–water partition coefficient (Wildman–Crippen LogP) is 3.25. The lowest BCUT2D eigenvalue weighted by Gasteiger charge is -2.25. The lowest BCUT2D eigenvalue weighted by atomic mass is 9.85. The van der Waals surface area contributed by atoms with Crippen LogP contribution < -0.4 is 11.1 Å². The summed E-state index contributed by atoms with van der Waals surface area (Å²) in [5, 5.41) is 3.00. The maximum atomic E-state index is 12.2. The van der Waals surface area contributed by atoms with E-state index in [9.17, 15) is 4.79 Å². The molecule has 25 heavy (non-hydrogen) atoms. The summed E-state index contributed by atoms with van der Waals surface area (Å²) in [6.07, 6.45) is 6.15. The number of aromatic nitrogens is 1. The van der Waals surface area contributed by atoms with Gasteiger partial charge in [-0.25, -0.2) is 4.98 Å². The molecule has 5 nitrogen and oxygen atoms in total. The number of halogens is 1. The minimum absolute atomic E-state index is 0. The van der Waals surface area contributed by atoms with E-state index in [4.69, 9.17) is 10.2 Å². The van der Waals surface area contributed by atoms with E-state index in [-0.39, 0.29) is 30.3 Å². The lowest BCUT2D eigenvalue weighted by Crippen LogP contribution is -2.38. The Kier molecular flexibility index (Phi) is 7.02. The zero-order valence-corrected chi connectivity index (χ0v) is 15.3. The number of rotatable bonds is 5. The third-order valence-electron chi connectivity index (χ3n) is 4.62. The van der Waals surface area contributed by atoms with Gasteiger partial charge >= 0.3 is 0 Å². The Balaban J connectivity index is 0.00000225. The van der Waals surface area contributed by atoms with Gasteiger partial charge in [0.2, 0.25) is 11.8 Å². The summed E-state index contributed by atoms with van der Waals surface area (Å²) in [6, 6.07) is 8.24. The van der Waals surface area contributed by atoms with Crippen molar-refractivity contribution < 1.29 is 9.21 Å². The molecule has 0 radical (unpaired) electrons. The number of aryl methyl sites for hydroxylation is 1. The van der Waals surface area contributed by atoms with E-state index in [1.54, 1.807) is 6.26 Å². The number of nitrogens with one attached hydrogen (secondary N) is 1. The quantitative estimate of drug-likeness (QED) is 0.854. The van der Waals surface area contributed by atoms with Crippen LogP contribution in [0.5, 0.6) is 0 Å². The normalized spacial score (nSPS) is 19.9. The van der Waals surface area contributed by atoms with Crippen molar-refractivity contribution in [2.75, 3.05) is 6.54 Å². The molecule has 136 valence electrons. The molecule has 3 N–H and O–H groups in total. The van der Waals surface area contributed by atoms with Crippen LogP contribution in [0.15, 0.2) is 34.9 Å². The SMILES string of the molecule is Cc1ccc(-c2nc(CCNC(=O)C3CCCC(N)C3)co2)cc1.Cl. The standard InChI is InChI=1S/C19H25N3O2.ClH/c1-13-5-7-14(8-6-13)19-22-17(12-24-19)9-10-21-18(23)15-3-2-4-16(20)11-15;/h5-8,12,15-16H,2-4,9-11,20H2,1H3,(H,21,23);1H. The van der Waals surface area contributed by atoms with Crippen LogP contribution in [0.3, 0.4) is 0 Å². The molecule has 1 aromatic carbocycles.